The average molecular weight is 373 g/mol. The van der Waals surface area contributed by atoms with Crippen molar-refractivity contribution < 1.29 is 18.4 Å². The lowest BCUT2D eigenvalue weighted by Crippen LogP contribution is -2.56. The second-order valence-corrected chi connectivity index (χ2v) is 20.0. The van der Waals surface area contributed by atoms with E-state index in [-0.39, 0.29) is 40.3 Å². The molecule has 0 spiro atoms. The minimum Gasteiger partial charge on any atom is -0.459 e. The number of esters is 1. The molecule has 0 aromatic rings. The highest BCUT2D eigenvalue weighted by molar-refractivity contribution is 6.74. The third kappa shape index (κ3) is 3.52. The molecule has 140 valence electrons. The van der Waals surface area contributed by atoms with Crippen LogP contribution in [0.5, 0.6) is 0 Å². The fourth-order valence-corrected chi connectivity index (χ4v) is 5.52. The summed E-state index contributed by atoms with van der Waals surface area (Å²) >= 11 is 0. The maximum atomic E-state index is 12.2. The van der Waals surface area contributed by atoms with Gasteiger partial charge in [0.05, 0.1) is 12.0 Å². The minimum absolute atomic E-state index is 0.0983. The highest BCUT2D eigenvalue weighted by Crippen LogP contribution is 2.48. The first kappa shape index (κ1) is 20.1. The topological polar surface area (TPSA) is 44.8 Å². The number of hydrogen-bond acceptors (Lipinski definition) is 4. The van der Waals surface area contributed by atoms with E-state index >= 15 is 0 Å². The van der Waals surface area contributed by atoms with Crippen molar-refractivity contribution in [3.05, 3.63) is 0 Å². The number of carbonyl (C=O) groups is 1. The monoisotopic (exact) mass is 372 g/mol. The van der Waals surface area contributed by atoms with Gasteiger partial charge >= 0.3 is 5.97 Å². The summed E-state index contributed by atoms with van der Waals surface area (Å²) in [5.74, 6) is -0.252. The number of rotatable bonds is 4. The second-order valence-electron chi connectivity index (χ2n) is 10.5. The first-order chi connectivity index (χ1) is 10.6. The summed E-state index contributed by atoms with van der Waals surface area (Å²) in [4.78, 5) is 12.2. The molecule has 0 unspecified atom stereocenters. The van der Waals surface area contributed by atoms with Crippen LogP contribution in [0.3, 0.4) is 0 Å². The summed E-state index contributed by atoms with van der Waals surface area (Å²) in [7, 11) is -3.92. The lowest BCUT2D eigenvalue weighted by molar-refractivity contribution is -0.162. The Morgan fingerprint density at radius 2 is 1.29 bits per heavy atom. The van der Waals surface area contributed by atoms with Gasteiger partial charge < -0.3 is 13.6 Å². The summed E-state index contributed by atoms with van der Waals surface area (Å²) in [6.07, 6.45) is 0.359. The summed E-state index contributed by atoms with van der Waals surface area (Å²) in [5, 5.41) is 0.237. The lowest BCUT2D eigenvalue weighted by Gasteiger charge is -2.45. The van der Waals surface area contributed by atoms with Crippen LogP contribution in [-0.4, -0.2) is 40.9 Å². The van der Waals surface area contributed by atoms with Crippen molar-refractivity contribution in [2.75, 3.05) is 0 Å². The maximum absolute atomic E-state index is 12.2. The van der Waals surface area contributed by atoms with Crippen LogP contribution < -0.4 is 0 Å². The van der Waals surface area contributed by atoms with Crippen LogP contribution in [0.25, 0.3) is 0 Å². The molecular weight excluding hydrogens is 336 g/mol. The van der Waals surface area contributed by atoms with E-state index in [2.05, 4.69) is 67.7 Å². The fourth-order valence-electron chi connectivity index (χ4n) is 2.87. The van der Waals surface area contributed by atoms with Crippen LogP contribution in [0.1, 0.15) is 48.0 Å². The van der Waals surface area contributed by atoms with Gasteiger partial charge in [0.1, 0.15) is 12.2 Å². The molecule has 0 aromatic carbocycles. The van der Waals surface area contributed by atoms with Crippen LogP contribution in [0.4, 0.5) is 0 Å². The van der Waals surface area contributed by atoms with Crippen LogP contribution >= 0.6 is 0 Å². The van der Waals surface area contributed by atoms with Crippen LogP contribution in [-0.2, 0) is 18.4 Å². The molecule has 24 heavy (non-hydrogen) atoms. The normalized spacial score (nSPS) is 31.5. The largest absolute Gasteiger partial charge is 0.459 e. The smallest absolute Gasteiger partial charge is 0.312 e. The molecule has 2 aliphatic rings. The molecule has 1 saturated heterocycles. The molecule has 2 rings (SSSR count). The van der Waals surface area contributed by atoms with Crippen molar-refractivity contribution in [1.82, 2.24) is 0 Å². The standard InChI is InChI=1S/C18H36O4Si2/c1-17(2,3)23(7,8)21-14-12-11-13(20-16(12)19)15(14)22-24(9,10)18(4,5)6/h12-15H,11H2,1-10H3/t12-,13+,14-,15-/m0/s1. The van der Waals surface area contributed by atoms with Crippen molar-refractivity contribution in [3.63, 3.8) is 0 Å². The van der Waals surface area contributed by atoms with Crippen LogP contribution in [0.15, 0.2) is 0 Å². The highest BCUT2D eigenvalue weighted by Gasteiger charge is 2.60. The number of carbonyl (C=O) groups excluding carboxylic acids is 1. The van der Waals surface area contributed by atoms with Crippen molar-refractivity contribution >= 4 is 22.6 Å². The first-order valence-electron chi connectivity index (χ1n) is 9.13. The molecule has 4 atom stereocenters. The summed E-state index contributed by atoms with van der Waals surface area (Å²) in [6.45, 7) is 22.4. The SMILES string of the molecule is CC(C)(C)[Si](C)(C)O[C@@H]1[C@@H](O[Si](C)(C)C(C)(C)C)[C@H]2C[C@@H]1C(=O)O2. The van der Waals surface area contributed by atoms with E-state index in [4.69, 9.17) is 13.6 Å². The summed E-state index contributed by atoms with van der Waals surface area (Å²) in [6, 6.07) is 0. The molecule has 0 radical (unpaired) electrons. The van der Waals surface area contributed by atoms with Gasteiger partial charge in [-0.15, -0.1) is 0 Å². The minimum atomic E-state index is -1.97. The zero-order valence-corrected chi connectivity index (χ0v) is 19.1. The van der Waals surface area contributed by atoms with E-state index in [0.29, 0.717) is 0 Å². The Labute approximate surface area is 149 Å². The van der Waals surface area contributed by atoms with Crippen molar-refractivity contribution in [2.24, 2.45) is 5.92 Å². The summed E-state index contributed by atoms with van der Waals surface area (Å²) in [5.41, 5.74) is 0. The van der Waals surface area contributed by atoms with Gasteiger partial charge in [-0.2, -0.15) is 0 Å². The zero-order chi connectivity index (χ0) is 18.7. The van der Waals surface area contributed by atoms with Gasteiger partial charge in [0.15, 0.2) is 16.6 Å². The number of ether oxygens (including phenoxy) is 1. The Bertz CT molecular complexity index is 502. The Morgan fingerprint density at radius 1 is 0.875 bits per heavy atom. The summed E-state index contributed by atoms with van der Waals surface area (Å²) < 4.78 is 18.9. The molecule has 1 saturated carbocycles. The molecule has 1 aliphatic heterocycles. The molecule has 2 fully saturated rings. The Balaban J connectivity index is 2.25. The first-order valence-corrected chi connectivity index (χ1v) is 14.9. The van der Waals surface area contributed by atoms with E-state index in [1.165, 1.54) is 0 Å². The van der Waals surface area contributed by atoms with Crippen LogP contribution in [0.2, 0.25) is 36.3 Å². The van der Waals surface area contributed by atoms with Crippen molar-refractivity contribution in [3.8, 4) is 0 Å². The molecule has 1 heterocycles. The van der Waals surface area contributed by atoms with E-state index in [1.54, 1.807) is 0 Å². The highest BCUT2D eigenvalue weighted by atomic mass is 28.4. The molecular formula is C18H36O4Si2. The van der Waals surface area contributed by atoms with Gasteiger partial charge in [-0.3, -0.25) is 4.79 Å². The predicted molar refractivity (Wildman–Crippen MR) is 102 cm³/mol. The molecule has 1 aliphatic carbocycles. The third-order valence-corrected chi connectivity index (χ3v) is 15.6. The number of fused-ring (bicyclic) bond motifs is 2. The molecule has 0 N–H and O–H groups in total. The van der Waals surface area contributed by atoms with Gasteiger partial charge in [-0.05, 0) is 36.3 Å². The van der Waals surface area contributed by atoms with Gasteiger partial charge in [-0.1, -0.05) is 41.5 Å². The van der Waals surface area contributed by atoms with Crippen LogP contribution in [0, 0.1) is 5.92 Å². The maximum Gasteiger partial charge on any atom is 0.312 e. The van der Waals surface area contributed by atoms with Gasteiger partial charge in [0.2, 0.25) is 0 Å². The van der Waals surface area contributed by atoms with Gasteiger partial charge in [-0.25, -0.2) is 0 Å². The Hall–Kier alpha value is -0.176. The third-order valence-electron chi connectivity index (χ3n) is 6.62. The number of hydrogen-bond donors (Lipinski definition) is 0. The van der Waals surface area contributed by atoms with E-state index in [1.807, 2.05) is 0 Å². The molecule has 2 bridgehead atoms. The fraction of sp³-hybridized carbons (Fsp3) is 0.944. The van der Waals surface area contributed by atoms with Crippen molar-refractivity contribution in [2.45, 2.75) is 103 Å². The predicted octanol–water partition coefficient (Wildman–Crippen LogP) is 4.71. The quantitative estimate of drug-likeness (QED) is 0.529. The lowest BCUT2D eigenvalue weighted by atomic mass is 10.1. The Morgan fingerprint density at radius 3 is 1.71 bits per heavy atom. The zero-order valence-electron chi connectivity index (χ0n) is 17.1. The van der Waals surface area contributed by atoms with Crippen molar-refractivity contribution in [1.29, 1.82) is 0 Å². The van der Waals surface area contributed by atoms with E-state index < -0.39 is 16.6 Å². The molecule has 0 aromatic heterocycles. The molecule has 4 nitrogen and oxygen atoms in total. The second kappa shape index (κ2) is 5.93. The van der Waals surface area contributed by atoms with Gasteiger partial charge in [0, 0.05) is 6.42 Å². The van der Waals surface area contributed by atoms with E-state index in [9.17, 15) is 4.79 Å². The Kier molecular flexibility index (Phi) is 4.97. The molecule has 0 amide bonds. The molecule has 6 heteroatoms. The average Bonchev–Trinajstić information content (AvgIpc) is 2.84. The van der Waals surface area contributed by atoms with Gasteiger partial charge in [0.25, 0.3) is 0 Å². The van der Waals surface area contributed by atoms with E-state index in [0.717, 1.165) is 6.42 Å².